The second kappa shape index (κ2) is 4.91. The summed E-state index contributed by atoms with van der Waals surface area (Å²) in [6.45, 7) is 0. The van der Waals surface area contributed by atoms with Gasteiger partial charge in [0.05, 0.1) is 0 Å². The van der Waals surface area contributed by atoms with Crippen molar-refractivity contribution >= 4 is 47.1 Å². The summed E-state index contributed by atoms with van der Waals surface area (Å²) in [6, 6.07) is 5.33. The maximum absolute atomic E-state index is 6.01. The maximum Gasteiger partial charge on any atom is 0.147 e. The Hall–Kier alpha value is -0.960. The molecule has 1 heterocycles. The fraction of sp³-hybridized carbons (Fsp3) is 0. The van der Waals surface area contributed by atoms with Crippen LogP contribution in [0.1, 0.15) is 5.56 Å². The van der Waals surface area contributed by atoms with Crippen molar-refractivity contribution in [3.8, 4) is 0 Å². The first-order chi connectivity index (χ1) is 7.65. The highest BCUT2D eigenvalue weighted by molar-refractivity contribution is 6.35. The van der Waals surface area contributed by atoms with E-state index in [1.165, 1.54) is 0 Å². The predicted molar refractivity (Wildman–Crippen MR) is 68.9 cm³/mol. The van der Waals surface area contributed by atoms with Gasteiger partial charge in [0.25, 0.3) is 0 Å². The Labute approximate surface area is 108 Å². The topological polar surface area (TPSA) is 17.8 Å². The van der Waals surface area contributed by atoms with Crippen LogP contribution in [-0.4, -0.2) is 9.55 Å². The third-order valence-corrected chi connectivity index (χ3v) is 2.72. The molecule has 2 aromatic rings. The average Bonchev–Trinajstić information content (AvgIpc) is 2.63. The lowest BCUT2D eigenvalue weighted by atomic mass is 10.2. The minimum Gasteiger partial charge on any atom is -0.312 e. The highest BCUT2D eigenvalue weighted by Crippen LogP contribution is 2.22. The zero-order chi connectivity index (χ0) is 11.5. The van der Waals surface area contributed by atoms with Crippen LogP contribution < -0.4 is 0 Å². The molecule has 1 aromatic carbocycles. The predicted octanol–water partition coefficient (Wildman–Crippen LogP) is 4.47. The van der Waals surface area contributed by atoms with E-state index in [9.17, 15) is 0 Å². The highest BCUT2D eigenvalue weighted by atomic mass is 35.5. The van der Waals surface area contributed by atoms with Gasteiger partial charge in [-0.05, 0) is 23.8 Å². The number of halogens is 3. The summed E-state index contributed by atoms with van der Waals surface area (Å²) in [5, 5.41) is 1.68. The molecule has 2 rings (SSSR count). The highest BCUT2D eigenvalue weighted by Gasteiger charge is 1.97. The zero-order valence-electron chi connectivity index (χ0n) is 8.07. The Balaban J connectivity index is 2.23. The molecule has 0 aliphatic rings. The van der Waals surface area contributed by atoms with E-state index < -0.39 is 0 Å². The van der Waals surface area contributed by atoms with Gasteiger partial charge in [-0.3, -0.25) is 0 Å². The van der Waals surface area contributed by atoms with Gasteiger partial charge in [-0.25, -0.2) is 4.98 Å². The van der Waals surface area contributed by atoms with Crippen molar-refractivity contribution in [1.29, 1.82) is 0 Å². The number of rotatable bonds is 2. The van der Waals surface area contributed by atoms with Gasteiger partial charge < -0.3 is 4.57 Å². The van der Waals surface area contributed by atoms with Crippen LogP contribution in [-0.2, 0) is 0 Å². The Morgan fingerprint density at radius 2 is 2.00 bits per heavy atom. The lowest BCUT2D eigenvalue weighted by Crippen LogP contribution is -1.80. The molecule has 82 valence electrons. The monoisotopic (exact) mass is 272 g/mol. The van der Waals surface area contributed by atoms with Crippen LogP contribution in [0.3, 0.4) is 0 Å². The largest absolute Gasteiger partial charge is 0.312 e. The SMILES string of the molecule is Clc1ccc(/C=C/n2cnc(Cl)c2)c(Cl)c1. The van der Waals surface area contributed by atoms with Crippen LogP contribution in [0.15, 0.2) is 30.7 Å². The number of imidazole rings is 1. The molecule has 0 N–H and O–H groups in total. The van der Waals surface area contributed by atoms with Crippen LogP contribution in [0, 0.1) is 0 Å². The third kappa shape index (κ3) is 2.79. The molecule has 0 atom stereocenters. The summed E-state index contributed by atoms with van der Waals surface area (Å²) in [4.78, 5) is 3.89. The van der Waals surface area contributed by atoms with Crippen molar-refractivity contribution < 1.29 is 0 Å². The molecule has 0 saturated heterocycles. The van der Waals surface area contributed by atoms with Crippen molar-refractivity contribution in [2.45, 2.75) is 0 Å². The van der Waals surface area contributed by atoms with Gasteiger partial charge in [-0.15, -0.1) is 0 Å². The standard InChI is InChI=1S/C11H7Cl3N2/c12-9-2-1-8(10(13)5-9)3-4-16-6-11(14)15-7-16/h1-7H/b4-3+. The fourth-order valence-corrected chi connectivity index (χ4v) is 1.82. The molecule has 0 bridgehead atoms. The summed E-state index contributed by atoms with van der Waals surface area (Å²) in [5.41, 5.74) is 0.885. The van der Waals surface area contributed by atoms with Gasteiger partial charge in [-0.1, -0.05) is 40.9 Å². The Morgan fingerprint density at radius 1 is 1.19 bits per heavy atom. The first-order valence-electron chi connectivity index (χ1n) is 4.47. The summed E-state index contributed by atoms with van der Waals surface area (Å²) < 4.78 is 1.74. The molecule has 0 amide bonds. The van der Waals surface area contributed by atoms with Gasteiger partial charge in [-0.2, -0.15) is 0 Å². The molecular formula is C11H7Cl3N2. The molecule has 0 fully saturated rings. The van der Waals surface area contributed by atoms with E-state index >= 15 is 0 Å². The minimum atomic E-state index is 0.451. The maximum atomic E-state index is 6.01. The zero-order valence-corrected chi connectivity index (χ0v) is 10.3. The lowest BCUT2D eigenvalue weighted by Gasteiger charge is -1.98. The van der Waals surface area contributed by atoms with E-state index in [0.29, 0.717) is 15.2 Å². The Bertz CT molecular complexity index is 532. The molecule has 0 saturated carbocycles. The second-order valence-corrected chi connectivity index (χ2v) is 4.36. The third-order valence-electron chi connectivity index (χ3n) is 1.96. The van der Waals surface area contributed by atoms with Gasteiger partial charge in [0.15, 0.2) is 0 Å². The first-order valence-corrected chi connectivity index (χ1v) is 5.61. The Kier molecular flexibility index (Phi) is 3.54. The fourth-order valence-electron chi connectivity index (χ4n) is 1.20. The molecule has 0 radical (unpaired) electrons. The van der Waals surface area contributed by atoms with E-state index in [1.54, 1.807) is 29.2 Å². The van der Waals surface area contributed by atoms with E-state index in [-0.39, 0.29) is 0 Å². The summed E-state index contributed by atoms with van der Waals surface area (Å²) in [7, 11) is 0. The number of aromatic nitrogens is 2. The molecule has 1 aromatic heterocycles. The molecule has 0 unspecified atom stereocenters. The number of benzene rings is 1. The van der Waals surface area contributed by atoms with Gasteiger partial charge in [0.1, 0.15) is 11.5 Å². The molecule has 0 spiro atoms. The van der Waals surface area contributed by atoms with E-state index in [4.69, 9.17) is 34.8 Å². The number of hydrogen-bond donors (Lipinski definition) is 0. The lowest BCUT2D eigenvalue weighted by molar-refractivity contribution is 1.14. The first kappa shape index (κ1) is 11.5. The van der Waals surface area contributed by atoms with Crippen LogP contribution in [0.2, 0.25) is 15.2 Å². The summed E-state index contributed by atoms with van der Waals surface area (Å²) in [6.07, 6.45) is 6.98. The van der Waals surface area contributed by atoms with Crippen LogP contribution in [0.5, 0.6) is 0 Å². The molecule has 2 nitrogen and oxygen atoms in total. The van der Waals surface area contributed by atoms with Crippen molar-refractivity contribution in [1.82, 2.24) is 9.55 Å². The molecular weight excluding hydrogens is 266 g/mol. The van der Waals surface area contributed by atoms with E-state index in [0.717, 1.165) is 5.56 Å². The summed E-state index contributed by atoms with van der Waals surface area (Å²) in [5.74, 6) is 0. The van der Waals surface area contributed by atoms with Crippen molar-refractivity contribution in [2.24, 2.45) is 0 Å². The quantitative estimate of drug-likeness (QED) is 0.789. The molecule has 5 heteroatoms. The van der Waals surface area contributed by atoms with E-state index in [1.807, 2.05) is 18.3 Å². The van der Waals surface area contributed by atoms with Crippen LogP contribution in [0.4, 0.5) is 0 Å². The normalized spacial score (nSPS) is 11.2. The molecule has 16 heavy (non-hydrogen) atoms. The smallest absolute Gasteiger partial charge is 0.147 e. The van der Waals surface area contributed by atoms with Crippen LogP contribution >= 0.6 is 34.8 Å². The van der Waals surface area contributed by atoms with Crippen LogP contribution in [0.25, 0.3) is 12.3 Å². The number of hydrogen-bond acceptors (Lipinski definition) is 1. The second-order valence-electron chi connectivity index (χ2n) is 3.13. The van der Waals surface area contributed by atoms with Gasteiger partial charge in [0, 0.05) is 22.4 Å². The van der Waals surface area contributed by atoms with Crippen molar-refractivity contribution in [3.63, 3.8) is 0 Å². The van der Waals surface area contributed by atoms with E-state index in [2.05, 4.69) is 4.98 Å². The van der Waals surface area contributed by atoms with Crippen molar-refractivity contribution in [3.05, 3.63) is 51.5 Å². The van der Waals surface area contributed by atoms with Gasteiger partial charge >= 0.3 is 0 Å². The minimum absolute atomic E-state index is 0.451. The van der Waals surface area contributed by atoms with Gasteiger partial charge in [0.2, 0.25) is 0 Å². The molecule has 0 aliphatic carbocycles. The summed E-state index contributed by atoms with van der Waals surface area (Å²) >= 11 is 17.5. The number of nitrogens with zero attached hydrogens (tertiary/aromatic N) is 2. The Morgan fingerprint density at radius 3 is 2.62 bits per heavy atom. The molecule has 0 aliphatic heterocycles. The van der Waals surface area contributed by atoms with Crippen molar-refractivity contribution in [2.75, 3.05) is 0 Å². The average molecular weight is 274 g/mol.